The van der Waals surface area contributed by atoms with Crippen molar-refractivity contribution in [1.29, 1.82) is 0 Å². The number of piperidine rings is 1. The number of hydrogen-bond acceptors (Lipinski definition) is 5. The number of hydrogen-bond donors (Lipinski definition) is 3. The number of alkyl halides is 3. The Kier molecular flexibility index (Phi) is 5.31. The number of aliphatic hydroxyl groups is 1. The van der Waals surface area contributed by atoms with Crippen molar-refractivity contribution in [3.63, 3.8) is 0 Å². The first-order valence-corrected chi connectivity index (χ1v) is 9.45. The minimum absolute atomic E-state index is 0.0378. The van der Waals surface area contributed by atoms with E-state index in [1.807, 2.05) is 0 Å². The monoisotopic (exact) mass is 418 g/mol. The van der Waals surface area contributed by atoms with Gasteiger partial charge in [-0.05, 0) is 46.0 Å². The summed E-state index contributed by atoms with van der Waals surface area (Å²) in [6.45, 7) is 6.10. The fraction of sp³-hybridized carbons (Fsp3) is 0.722. The zero-order valence-electron chi connectivity index (χ0n) is 16.5. The molecule has 11 heteroatoms. The van der Waals surface area contributed by atoms with E-state index >= 15 is 0 Å². The highest BCUT2D eigenvalue weighted by molar-refractivity contribution is 5.94. The summed E-state index contributed by atoms with van der Waals surface area (Å²) in [4.78, 5) is 25.5. The van der Waals surface area contributed by atoms with Gasteiger partial charge in [0.05, 0.1) is 17.7 Å². The number of rotatable bonds is 2. The number of H-pyrrole nitrogens is 1. The van der Waals surface area contributed by atoms with Gasteiger partial charge in [0.2, 0.25) is 5.91 Å². The molecule has 1 fully saturated rings. The fourth-order valence-electron chi connectivity index (χ4n) is 3.81. The van der Waals surface area contributed by atoms with Crippen molar-refractivity contribution < 1.29 is 32.6 Å². The van der Waals surface area contributed by atoms with Crippen molar-refractivity contribution in [2.24, 2.45) is 5.92 Å². The second-order valence-corrected chi connectivity index (χ2v) is 8.64. The molecule has 1 aromatic rings. The molecule has 0 spiro atoms. The molecule has 0 radical (unpaired) electrons. The predicted molar refractivity (Wildman–Crippen MR) is 96.0 cm³/mol. The molecule has 3 rings (SSSR count). The molecule has 29 heavy (non-hydrogen) atoms. The quantitative estimate of drug-likeness (QED) is 0.685. The Morgan fingerprint density at radius 1 is 1.38 bits per heavy atom. The highest BCUT2D eigenvalue weighted by atomic mass is 19.4. The number of carbonyl (C=O) groups excluding carboxylic acids is 2. The lowest BCUT2D eigenvalue weighted by Crippen LogP contribution is -2.48. The average Bonchev–Trinajstić information content (AvgIpc) is 2.95. The maximum absolute atomic E-state index is 13.6. The molecule has 0 aromatic carbocycles. The van der Waals surface area contributed by atoms with E-state index in [2.05, 4.69) is 15.5 Å². The van der Waals surface area contributed by atoms with Gasteiger partial charge in [0.15, 0.2) is 5.60 Å². The number of carbonyl (C=O) groups is 2. The smallest absolute Gasteiger partial charge is 0.422 e. The average molecular weight is 418 g/mol. The van der Waals surface area contributed by atoms with Gasteiger partial charge >= 0.3 is 12.3 Å². The molecule has 1 aromatic heterocycles. The number of anilines is 1. The van der Waals surface area contributed by atoms with Crippen LogP contribution in [0.15, 0.2) is 0 Å². The summed E-state index contributed by atoms with van der Waals surface area (Å²) in [5, 5.41) is 19.0. The first kappa shape index (κ1) is 21.4. The molecule has 8 nitrogen and oxygen atoms in total. The highest BCUT2D eigenvalue weighted by Gasteiger charge is 2.60. The van der Waals surface area contributed by atoms with Crippen molar-refractivity contribution in [3.8, 4) is 0 Å². The molecule has 3 N–H and O–H groups in total. The summed E-state index contributed by atoms with van der Waals surface area (Å²) < 4.78 is 46.2. The Bertz CT molecular complexity index is 802. The molecule has 3 heterocycles. The minimum atomic E-state index is -5.03. The molecule has 2 amide bonds. The third-order valence-electron chi connectivity index (χ3n) is 5.06. The Morgan fingerprint density at radius 3 is 2.69 bits per heavy atom. The molecule has 1 saturated heterocycles. The van der Waals surface area contributed by atoms with Crippen molar-refractivity contribution in [2.75, 3.05) is 18.4 Å². The van der Waals surface area contributed by atoms with E-state index in [0.717, 1.165) is 0 Å². The van der Waals surface area contributed by atoms with E-state index in [1.54, 1.807) is 20.8 Å². The van der Waals surface area contributed by atoms with Crippen LogP contribution in [0, 0.1) is 5.92 Å². The number of nitrogens with zero attached hydrogens (tertiary/aromatic N) is 2. The Morgan fingerprint density at radius 2 is 2.07 bits per heavy atom. The normalized spacial score (nSPS) is 25.4. The minimum Gasteiger partial charge on any atom is -0.444 e. The molecule has 2 atom stereocenters. The molecule has 0 aliphatic carbocycles. The summed E-state index contributed by atoms with van der Waals surface area (Å²) in [5.74, 6) is -1.34. The van der Waals surface area contributed by atoms with Gasteiger partial charge in [-0.25, -0.2) is 4.79 Å². The van der Waals surface area contributed by atoms with Crippen molar-refractivity contribution in [2.45, 2.75) is 63.8 Å². The Balaban J connectivity index is 1.80. The molecule has 0 saturated carbocycles. The maximum atomic E-state index is 13.6. The van der Waals surface area contributed by atoms with E-state index < -0.39 is 41.4 Å². The third kappa shape index (κ3) is 4.34. The number of nitrogens with one attached hydrogen (secondary N) is 2. The largest absolute Gasteiger partial charge is 0.444 e. The summed E-state index contributed by atoms with van der Waals surface area (Å²) in [5.41, 5.74) is -4.35. The highest BCUT2D eigenvalue weighted by Crippen LogP contribution is 2.48. The van der Waals surface area contributed by atoms with Crippen molar-refractivity contribution in [1.82, 2.24) is 15.1 Å². The van der Waals surface area contributed by atoms with Crippen molar-refractivity contribution >= 4 is 17.8 Å². The van der Waals surface area contributed by atoms with Gasteiger partial charge in [0.25, 0.3) is 0 Å². The van der Waals surface area contributed by atoms with E-state index in [4.69, 9.17) is 4.74 Å². The number of aromatic amines is 1. The topological polar surface area (TPSA) is 108 Å². The number of amides is 2. The van der Waals surface area contributed by atoms with Crippen LogP contribution in [0.25, 0.3) is 0 Å². The third-order valence-corrected chi connectivity index (χ3v) is 5.06. The standard InChI is InChI=1S/C18H25F3N4O4/c1-16(2,3)29-15(27)25-6-4-5-10(9-25)7-11-13-14(24-23-11)22-12(26)8-17(13,28)18(19,20)21/h10,28H,4-9H2,1-3H3,(H2,22,23,24,26)/t10-,17?/m0/s1. The van der Waals surface area contributed by atoms with Crippen LogP contribution in [0.1, 0.15) is 51.3 Å². The second kappa shape index (κ2) is 7.19. The van der Waals surface area contributed by atoms with Crippen molar-refractivity contribution in [3.05, 3.63) is 11.3 Å². The van der Waals surface area contributed by atoms with Gasteiger partial charge in [-0.3, -0.25) is 9.89 Å². The molecule has 2 aliphatic rings. The Hall–Kier alpha value is -2.30. The molecule has 2 aliphatic heterocycles. The zero-order valence-corrected chi connectivity index (χ0v) is 16.5. The summed E-state index contributed by atoms with van der Waals surface area (Å²) >= 11 is 0. The zero-order chi connectivity index (χ0) is 21.6. The lowest BCUT2D eigenvalue weighted by atomic mass is 9.83. The van der Waals surface area contributed by atoms with Crippen LogP contribution in [0.3, 0.4) is 0 Å². The fourth-order valence-corrected chi connectivity index (χ4v) is 3.81. The van der Waals surface area contributed by atoms with Crippen LogP contribution in [0.4, 0.5) is 23.8 Å². The van der Waals surface area contributed by atoms with Crippen LogP contribution < -0.4 is 5.32 Å². The van der Waals surface area contributed by atoms with Gasteiger partial charge in [0.1, 0.15) is 11.4 Å². The molecular weight excluding hydrogens is 393 g/mol. The van der Waals surface area contributed by atoms with E-state index in [0.29, 0.717) is 25.9 Å². The molecule has 162 valence electrons. The SMILES string of the molecule is CC(C)(C)OC(=O)N1CCC[C@@H](Cc2n[nH]c3c2C(O)(C(F)(F)F)CC(=O)N3)C1. The van der Waals surface area contributed by atoms with Gasteiger partial charge in [-0.2, -0.15) is 18.3 Å². The maximum Gasteiger partial charge on any atom is 0.422 e. The number of likely N-dealkylation sites (tertiary alicyclic amines) is 1. The Labute approximate surface area is 165 Å². The van der Waals surface area contributed by atoms with Crippen LogP contribution >= 0.6 is 0 Å². The molecular formula is C18H25F3N4O4. The van der Waals surface area contributed by atoms with Crippen LogP contribution in [-0.4, -0.2) is 57.1 Å². The lowest BCUT2D eigenvalue weighted by molar-refractivity contribution is -0.267. The predicted octanol–water partition coefficient (Wildman–Crippen LogP) is 2.69. The van der Waals surface area contributed by atoms with Crippen LogP contribution in [0.5, 0.6) is 0 Å². The van der Waals surface area contributed by atoms with Gasteiger partial charge in [0, 0.05) is 13.1 Å². The van der Waals surface area contributed by atoms with Crippen LogP contribution in [-0.2, 0) is 21.6 Å². The number of aromatic nitrogens is 2. The number of ether oxygens (including phenoxy) is 1. The molecule has 1 unspecified atom stereocenters. The molecule has 0 bridgehead atoms. The summed E-state index contributed by atoms with van der Waals surface area (Å²) in [6, 6.07) is 0. The van der Waals surface area contributed by atoms with Gasteiger partial charge < -0.3 is 20.1 Å². The first-order chi connectivity index (χ1) is 13.3. The first-order valence-electron chi connectivity index (χ1n) is 9.45. The van der Waals surface area contributed by atoms with E-state index in [-0.39, 0.29) is 23.9 Å². The summed E-state index contributed by atoms with van der Waals surface area (Å²) in [6.07, 6.45) is -5.13. The van der Waals surface area contributed by atoms with E-state index in [1.165, 1.54) is 4.90 Å². The second-order valence-electron chi connectivity index (χ2n) is 8.64. The number of halogens is 3. The number of fused-ring (bicyclic) bond motifs is 1. The van der Waals surface area contributed by atoms with Crippen LogP contribution in [0.2, 0.25) is 0 Å². The summed E-state index contributed by atoms with van der Waals surface area (Å²) in [7, 11) is 0. The van der Waals surface area contributed by atoms with Gasteiger partial charge in [-0.15, -0.1) is 0 Å². The van der Waals surface area contributed by atoms with E-state index in [9.17, 15) is 27.9 Å². The lowest BCUT2D eigenvalue weighted by Gasteiger charge is -2.36. The van der Waals surface area contributed by atoms with Gasteiger partial charge in [-0.1, -0.05) is 0 Å².